The third-order valence-corrected chi connectivity index (χ3v) is 3.00. The van der Waals surface area contributed by atoms with E-state index in [0.717, 1.165) is 30.8 Å². The van der Waals surface area contributed by atoms with Crippen LogP contribution in [0.25, 0.3) is 0 Å². The summed E-state index contributed by atoms with van der Waals surface area (Å²) in [5, 5.41) is 3.34. The molecule has 0 saturated carbocycles. The Morgan fingerprint density at radius 1 is 1.31 bits per heavy atom. The molecule has 0 fully saturated rings. The van der Waals surface area contributed by atoms with Crippen molar-refractivity contribution in [1.82, 2.24) is 5.32 Å². The highest BCUT2D eigenvalue weighted by Crippen LogP contribution is 2.24. The Morgan fingerprint density at radius 3 is 2.62 bits per heavy atom. The number of nitrogens with one attached hydrogen (secondary N) is 1. The van der Waals surface area contributed by atoms with Gasteiger partial charge in [0.05, 0.1) is 0 Å². The Morgan fingerprint density at radius 2 is 2.00 bits per heavy atom. The molecule has 0 aliphatic rings. The van der Waals surface area contributed by atoms with Crippen molar-refractivity contribution in [2.24, 2.45) is 0 Å². The molecule has 0 bridgehead atoms. The lowest BCUT2D eigenvalue weighted by atomic mass is 9.84. The normalized spacial score (nSPS) is 11.8. The van der Waals surface area contributed by atoms with Gasteiger partial charge in [-0.25, -0.2) is 4.39 Å². The summed E-state index contributed by atoms with van der Waals surface area (Å²) in [7, 11) is 0. The maximum atomic E-state index is 13.6. The summed E-state index contributed by atoms with van der Waals surface area (Å²) < 4.78 is 13.6. The monoisotopic (exact) mass is 241 g/mol. The second-order valence-corrected chi connectivity index (χ2v) is 5.06. The van der Waals surface area contributed by atoms with Crippen LogP contribution < -0.4 is 5.32 Å². The lowest BCUT2D eigenvalue weighted by molar-refractivity contribution is 0.445. The van der Waals surface area contributed by atoms with Crippen LogP contribution in [0.1, 0.15) is 25.8 Å². The van der Waals surface area contributed by atoms with E-state index in [2.05, 4.69) is 31.8 Å². The third kappa shape index (κ3) is 3.80. The number of thiol groups is 1. The highest BCUT2D eigenvalue weighted by molar-refractivity contribution is 7.80. The molecular formula is C13H20FNS. The van der Waals surface area contributed by atoms with Gasteiger partial charge in [-0.1, -0.05) is 32.0 Å². The predicted molar refractivity (Wildman–Crippen MR) is 70.8 cm³/mol. The van der Waals surface area contributed by atoms with Gasteiger partial charge in [0.25, 0.3) is 0 Å². The van der Waals surface area contributed by atoms with Crippen LogP contribution in [0, 0.1) is 5.82 Å². The average molecular weight is 241 g/mol. The second kappa shape index (κ2) is 6.26. The molecule has 0 aliphatic heterocycles. The maximum Gasteiger partial charge on any atom is 0.126 e. The Hall–Kier alpha value is -0.540. The second-order valence-electron chi connectivity index (χ2n) is 4.62. The van der Waals surface area contributed by atoms with Gasteiger partial charge in [0.15, 0.2) is 0 Å². The molecular weight excluding hydrogens is 221 g/mol. The fraction of sp³-hybridized carbons (Fsp3) is 0.538. The largest absolute Gasteiger partial charge is 0.316 e. The quantitative estimate of drug-likeness (QED) is 0.576. The van der Waals surface area contributed by atoms with Crippen molar-refractivity contribution in [2.75, 3.05) is 18.8 Å². The summed E-state index contributed by atoms with van der Waals surface area (Å²) in [4.78, 5) is 0. The predicted octanol–water partition coefficient (Wildman–Crippen LogP) is 3.01. The highest BCUT2D eigenvalue weighted by Gasteiger charge is 2.22. The van der Waals surface area contributed by atoms with Crippen molar-refractivity contribution in [3.63, 3.8) is 0 Å². The van der Waals surface area contributed by atoms with Crippen molar-refractivity contribution in [1.29, 1.82) is 0 Å². The minimum atomic E-state index is -0.179. The molecule has 1 aromatic carbocycles. The van der Waals surface area contributed by atoms with Crippen LogP contribution in [0.15, 0.2) is 24.3 Å². The van der Waals surface area contributed by atoms with Gasteiger partial charge in [0.2, 0.25) is 0 Å². The van der Waals surface area contributed by atoms with Crippen LogP contribution in [-0.2, 0) is 5.41 Å². The summed E-state index contributed by atoms with van der Waals surface area (Å²) in [5.41, 5.74) is 0.593. The topological polar surface area (TPSA) is 12.0 Å². The first-order valence-electron chi connectivity index (χ1n) is 5.64. The van der Waals surface area contributed by atoms with Gasteiger partial charge in [-0.15, -0.1) is 0 Å². The fourth-order valence-electron chi connectivity index (χ4n) is 1.71. The van der Waals surface area contributed by atoms with E-state index in [1.54, 1.807) is 6.07 Å². The zero-order chi connectivity index (χ0) is 12.0. The van der Waals surface area contributed by atoms with Gasteiger partial charge in [-0.05, 0) is 30.3 Å². The Balaban J connectivity index is 2.59. The zero-order valence-corrected chi connectivity index (χ0v) is 10.9. The van der Waals surface area contributed by atoms with Crippen molar-refractivity contribution >= 4 is 12.6 Å². The summed E-state index contributed by atoms with van der Waals surface area (Å²) in [5.74, 6) is 0.760. The molecule has 16 heavy (non-hydrogen) atoms. The van der Waals surface area contributed by atoms with Crippen molar-refractivity contribution in [2.45, 2.75) is 25.7 Å². The molecule has 90 valence electrons. The fourth-order valence-corrected chi connectivity index (χ4v) is 1.87. The molecule has 1 aromatic rings. The molecule has 0 aliphatic carbocycles. The first-order chi connectivity index (χ1) is 7.58. The van der Waals surface area contributed by atoms with E-state index in [4.69, 9.17) is 0 Å². The van der Waals surface area contributed by atoms with Crippen LogP contribution in [0.2, 0.25) is 0 Å². The van der Waals surface area contributed by atoms with Crippen LogP contribution in [0.3, 0.4) is 0 Å². The van der Waals surface area contributed by atoms with E-state index in [1.807, 2.05) is 12.1 Å². The Labute approximate surface area is 103 Å². The van der Waals surface area contributed by atoms with E-state index in [9.17, 15) is 4.39 Å². The van der Waals surface area contributed by atoms with Crippen LogP contribution in [0.5, 0.6) is 0 Å². The van der Waals surface area contributed by atoms with Gasteiger partial charge < -0.3 is 5.32 Å². The number of hydrogen-bond donors (Lipinski definition) is 2. The molecule has 1 nitrogen and oxygen atoms in total. The molecule has 0 heterocycles. The number of rotatable bonds is 6. The molecule has 1 N–H and O–H groups in total. The smallest absolute Gasteiger partial charge is 0.126 e. The zero-order valence-electron chi connectivity index (χ0n) is 9.96. The first-order valence-corrected chi connectivity index (χ1v) is 6.28. The molecule has 0 spiro atoms. The molecule has 1 rings (SSSR count). The van der Waals surface area contributed by atoms with E-state index in [0.29, 0.717) is 0 Å². The molecule has 3 heteroatoms. The Bertz CT molecular complexity index is 325. The van der Waals surface area contributed by atoms with Gasteiger partial charge in [-0.3, -0.25) is 0 Å². The van der Waals surface area contributed by atoms with Crippen molar-refractivity contribution in [3.8, 4) is 0 Å². The minimum absolute atomic E-state index is 0.122. The van der Waals surface area contributed by atoms with Gasteiger partial charge >= 0.3 is 0 Å². The van der Waals surface area contributed by atoms with Gasteiger partial charge in [0, 0.05) is 12.0 Å². The molecule has 0 radical (unpaired) electrons. The molecule has 0 atom stereocenters. The maximum absolute atomic E-state index is 13.6. The minimum Gasteiger partial charge on any atom is -0.316 e. The number of halogens is 1. The summed E-state index contributed by atoms with van der Waals surface area (Å²) in [6.45, 7) is 5.82. The Kier molecular flexibility index (Phi) is 5.29. The van der Waals surface area contributed by atoms with Crippen LogP contribution in [0.4, 0.5) is 4.39 Å². The van der Waals surface area contributed by atoms with E-state index < -0.39 is 0 Å². The van der Waals surface area contributed by atoms with Crippen molar-refractivity contribution < 1.29 is 4.39 Å². The van der Waals surface area contributed by atoms with Crippen LogP contribution in [-0.4, -0.2) is 18.8 Å². The summed E-state index contributed by atoms with van der Waals surface area (Å²) in [6.07, 6.45) is 1.04. The first kappa shape index (κ1) is 13.5. The molecule has 0 saturated heterocycles. The number of hydrogen-bond acceptors (Lipinski definition) is 2. The lowest BCUT2D eigenvalue weighted by Crippen LogP contribution is -2.34. The van der Waals surface area contributed by atoms with E-state index in [1.165, 1.54) is 6.07 Å². The van der Waals surface area contributed by atoms with Gasteiger partial charge in [-0.2, -0.15) is 12.6 Å². The highest BCUT2D eigenvalue weighted by atomic mass is 32.1. The summed E-state index contributed by atoms with van der Waals surface area (Å²) in [6, 6.07) is 6.98. The molecule has 0 aromatic heterocycles. The molecule has 0 amide bonds. The lowest BCUT2D eigenvalue weighted by Gasteiger charge is -2.26. The van der Waals surface area contributed by atoms with Crippen LogP contribution >= 0.6 is 12.6 Å². The van der Waals surface area contributed by atoms with Gasteiger partial charge in [0.1, 0.15) is 5.82 Å². The SMILES string of the molecule is CC(C)(CNCCCS)c1ccccc1F. The van der Waals surface area contributed by atoms with E-state index >= 15 is 0 Å². The number of benzene rings is 1. The average Bonchev–Trinajstić information content (AvgIpc) is 2.25. The standard InChI is InChI=1S/C13H20FNS/c1-13(2,10-15-8-5-9-16)11-6-3-4-7-12(11)14/h3-4,6-7,15-16H,5,8-10H2,1-2H3. The van der Waals surface area contributed by atoms with E-state index in [-0.39, 0.29) is 11.2 Å². The summed E-state index contributed by atoms with van der Waals surface area (Å²) >= 11 is 4.15. The third-order valence-electron chi connectivity index (χ3n) is 2.68. The van der Waals surface area contributed by atoms with Crippen molar-refractivity contribution in [3.05, 3.63) is 35.6 Å². The molecule has 0 unspecified atom stereocenters.